The lowest BCUT2D eigenvalue weighted by Crippen LogP contribution is -2.45. The number of amides is 2. The van der Waals surface area contributed by atoms with Gasteiger partial charge in [-0.2, -0.15) is 0 Å². The summed E-state index contributed by atoms with van der Waals surface area (Å²) >= 11 is 0. The van der Waals surface area contributed by atoms with Gasteiger partial charge in [0, 0.05) is 18.8 Å². The smallest absolute Gasteiger partial charge is 0.252 e. The van der Waals surface area contributed by atoms with E-state index in [9.17, 15) is 9.59 Å². The molecule has 1 unspecified atom stereocenters. The zero-order valence-electron chi connectivity index (χ0n) is 12.0. The molecule has 1 fully saturated rings. The molecule has 0 aliphatic carbocycles. The molecule has 0 saturated carbocycles. The maximum Gasteiger partial charge on any atom is 0.252 e. The number of hydrogen-bond donors (Lipinski definition) is 2. The van der Waals surface area contributed by atoms with Crippen LogP contribution in [0.4, 0.5) is 5.69 Å². The lowest BCUT2D eigenvalue weighted by atomic mass is 10.1. The first-order valence-corrected chi connectivity index (χ1v) is 7.09. The third-order valence-electron chi connectivity index (χ3n) is 3.44. The quantitative estimate of drug-likeness (QED) is 0.778. The summed E-state index contributed by atoms with van der Waals surface area (Å²) in [6.07, 6.45) is 2.14. The van der Waals surface area contributed by atoms with Crippen LogP contribution in [0.5, 0.6) is 0 Å². The van der Waals surface area contributed by atoms with Crippen LogP contribution >= 0.6 is 0 Å². The first-order valence-electron chi connectivity index (χ1n) is 7.09. The Balaban J connectivity index is 2.09. The summed E-state index contributed by atoms with van der Waals surface area (Å²) in [7, 11) is 0. The SMILES string of the molecule is NC(=O)CN(Cc1cccc(N)c1)C(=O)C1CCCCO1. The normalized spacial score (nSPS) is 18.2. The van der Waals surface area contributed by atoms with Crippen LogP contribution in [0.1, 0.15) is 24.8 Å². The topological polar surface area (TPSA) is 98.7 Å². The van der Waals surface area contributed by atoms with Crippen molar-refractivity contribution >= 4 is 17.5 Å². The molecule has 21 heavy (non-hydrogen) atoms. The second-order valence-electron chi connectivity index (χ2n) is 5.26. The number of benzene rings is 1. The van der Waals surface area contributed by atoms with Crippen molar-refractivity contribution < 1.29 is 14.3 Å². The Hall–Kier alpha value is -2.08. The molecule has 114 valence electrons. The van der Waals surface area contributed by atoms with Gasteiger partial charge in [-0.15, -0.1) is 0 Å². The number of nitrogens with zero attached hydrogens (tertiary/aromatic N) is 1. The number of nitrogen functional groups attached to an aromatic ring is 1. The van der Waals surface area contributed by atoms with Crippen LogP contribution in [0.25, 0.3) is 0 Å². The van der Waals surface area contributed by atoms with E-state index in [2.05, 4.69) is 0 Å². The molecule has 0 radical (unpaired) electrons. The molecule has 1 atom stereocenters. The molecule has 0 bridgehead atoms. The van der Waals surface area contributed by atoms with E-state index in [-0.39, 0.29) is 12.5 Å². The van der Waals surface area contributed by atoms with Crippen molar-refractivity contribution in [3.05, 3.63) is 29.8 Å². The number of hydrogen-bond acceptors (Lipinski definition) is 4. The number of anilines is 1. The first-order chi connectivity index (χ1) is 10.1. The van der Waals surface area contributed by atoms with Gasteiger partial charge >= 0.3 is 0 Å². The van der Waals surface area contributed by atoms with Crippen LogP contribution in [0, 0.1) is 0 Å². The number of ether oxygens (including phenoxy) is 1. The Kier molecular flexibility index (Phi) is 5.16. The number of rotatable bonds is 5. The lowest BCUT2D eigenvalue weighted by molar-refractivity contribution is -0.149. The van der Waals surface area contributed by atoms with Crippen LogP contribution in [0.3, 0.4) is 0 Å². The molecule has 4 N–H and O–H groups in total. The average Bonchev–Trinajstić information content (AvgIpc) is 2.46. The van der Waals surface area contributed by atoms with Crippen LogP contribution < -0.4 is 11.5 Å². The minimum atomic E-state index is -0.539. The van der Waals surface area contributed by atoms with Gasteiger partial charge in [0.2, 0.25) is 5.91 Å². The van der Waals surface area contributed by atoms with Crippen LogP contribution in [0.2, 0.25) is 0 Å². The van der Waals surface area contributed by atoms with Gasteiger partial charge in [0.15, 0.2) is 0 Å². The predicted octanol–water partition coefficient (Wildman–Crippen LogP) is 0.652. The Morgan fingerprint density at radius 1 is 1.33 bits per heavy atom. The molecule has 2 amide bonds. The average molecular weight is 291 g/mol. The molecule has 1 aromatic rings. The van der Waals surface area contributed by atoms with Crippen LogP contribution in [-0.2, 0) is 20.9 Å². The second kappa shape index (κ2) is 7.08. The zero-order chi connectivity index (χ0) is 15.2. The highest BCUT2D eigenvalue weighted by molar-refractivity contribution is 5.86. The maximum absolute atomic E-state index is 12.5. The standard InChI is InChI=1S/C15H21N3O3/c16-12-5-3-4-11(8-12)9-18(10-14(17)19)15(20)13-6-1-2-7-21-13/h3-5,8,13H,1-2,6-7,9-10,16H2,(H2,17,19). The molecule has 2 rings (SSSR count). The number of nitrogens with two attached hydrogens (primary N) is 2. The molecule has 1 aromatic carbocycles. The minimum Gasteiger partial charge on any atom is -0.399 e. The van der Waals surface area contributed by atoms with Gasteiger partial charge < -0.3 is 21.1 Å². The molecule has 0 aromatic heterocycles. The fourth-order valence-electron chi connectivity index (χ4n) is 2.45. The Morgan fingerprint density at radius 3 is 2.76 bits per heavy atom. The van der Waals surface area contributed by atoms with E-state index in [4.69, 9.17) is 16.2 Å². The van der Waals surface area contributed by atoms with E-state index >= 15 is 0 Å². The molecular weight excluding hydrogens is 270 g/mol. The summed E-state index contributed by atoms with van der Waals surface area (Å²) in [5.74, 6) is -0.723. The minimum absolute atomic E-state index is 0.118. The van der Waals surface area contributed by atoms with E-state index in [0.29, 0.717) is 25.3 Å². The van der Waals surface area contributed by atoms with Crippen molar-refractivity contribution in [1.29, 1.82) is 0 Å². The fourth-order valence-corrected chi connectivity index (χ4v) is 2.45. The van der Waals surface area contributed by atoms with Crippen LogP contribution in [-0.4, -0.2) is 36.0 Å². The number of primary amides is 1. The van der Waals surface area contributed by atoms with Crippen molar-refractivity contribution in [3.63, 3.8) is 0 Å². The Morgan fingerprint density at radius 2 is 2.14 bits per heavy atom. The number of carbonyl (C=O) groups excluding carboxylic acids is 2. The first kappa shape index (κ1) is 15.3. The van der Waals surface area contributed by atoms with Gasteiger partial charge in [-0.05, 0) is 37.0 Å². The monoisotopic (exact) mass is 291 g/mol. The second-order valence-corrected chi connectivity index (χ2v) is 5.26. The molecular formula is C15H21N3O3. The molecule has 0 spiro atoms. The van der Waals surface area contributed by atoms with Gasteiger partial charge in [-0.3, -0.25) is 9.59 Å². The molecule has 1 saturated heterocycles. The van der Waals surface area contributed by atoms with E-state index in [1.807, 2.05) is 12.1 Å². The summed E-state index contributed by atoms with van der Waals surface area (Å²) in [6.45, 7) is 0.763. The van der Waals surface area contributed by atoms with Gasteiger partial charge in [0.1, 0.15) is 6.10 Å². The van der Waals surface area contributed by atoms with Crippen molar-refractivity contribution in [2.45, 2.75) is 31.9 Å². The molecule has 6 nitrogen and oxygen atoms in total. The van der Waals surface area contributed by atoms with Crippen molar-refractivity contribution in [3.8, 4) is 0 Å². The van der Waals surface area contributed by atoms with E-state index in [0.717, 1.165) is 18.4 Å². The van der Waals surface area contributed by atoms with E-state index in [1.54, 1.807) is 12.1 Å². The highest BCUT2D eigenvalue weighted by atomic mass is 16.5. The third kappa shape index (κ3) is 4.46. The predicted molar refractivity (Wildman–Crippen MR) is 79.1 cm³/mol. The van der Waals surface area contributed by atoms with Gasteiger partial charge in [0.25, 0.3) is 5.91 Å². The molecule has 1 heterocycles. The fraction of sp³-hybridized carbons (Fsp3) is 0.467. The summed E-state index contributed by atoms with van der Waals surface area (Å²) in [5, 5.41) is 0. The van der Waals surface area contributed by atoms with Crippen molar-refractivity contribution in [1.82, 2.24) is 4.90 Å². The summed E-state index contributed by atoms with van der Waals surface area (Å²) < 4.78 is 5.50. The lowest BCUT2D eigenvalue weighted by Gasteiger charge is -2.28. The third-order valence-corrected chi connectivity index (χ3v) is 3.44. The molecule has 1 aliphatic rings. The largest absolute Gasteiger partial charge is 0.399 e. The van der Waals surface area contributed by atoms with E-state index in [1.165, 1.54) is 4.90 Å². The maximum atomic E-state index is 12.5. The summed E-state index contributed by atoms with van der Waals surface area (Å²) in [5.41, 5.74) is 12.5. The van der Waals surface area contributed by atoms with Crippen molar-refractivity contribution in [2.75, 3.05) is 18.9 Å². The molecule has 1 aliphatic heterocycles. The van der Waals surface area contributed by atoms with Crippen molar-refractivity contribution in [2.24, 2.45) is 5.73 Å². The Labute approximate surface area is 124 Å². The molecule has 6 heteroatoms. The van der Waals surface area contributed by atoms with E-state index < -0.39 is 12.0 Å². The van der Waals surface area contributed by atoms with Gasteiger partial charge in [0.05, 0.1) is 6.54 Å². The number of carbonyl (C=O) groups is 2. The summed E-state index contributed by atoms with van der Waals surface area (Å²) in [4.78, 5) is 25.1. The zero-order valence-corrected chi connectivity index (χ0v) is 12.0. The highest BCUT2D eigenvalue weighted by Gasteiger charge is 2.27. The van der Waals surface area contributed by atoms with Gasteiger partial charge in [-0.25, -0.2) is 0 Å². The van der Waals surface area contributed by atoms with Crippen LogP contribution in [0.15, 0.2) is 24.3 Å². The highest BCUT2D eigenvalue weighted by Crippen LogP contribution is 2.17. The summed E-state index contributed by atoms with van der Waals surface area (Å²) in [6, 6.07) is 7.23. The Bertz CT molecular complexity index is 513. The van der Waals surface area contributed by atoms with Gasteiger partial charge in [-0.1, -0.05) is 12.1 Å².